The Balaban J connectivity index is 0.690. The van der Waals surface area contributed by atoms with Crippen molar-refractivity contribution in [2.45, 2.75) is 147 Å². The molecule has 0 aliphatic carbocycles. The lowest BCUT2D eigenvalue weighted by Gasteiger charge is -2.39. The maximum absolute atomic E-state index is 14.1. The van der Waals surface area contributed by atoms with Gasteiger partial charge in [-0.3, -0.25) is 28.9 Å². The first-order chi connectivity index (χ1) is 37.5. The van der Waals surface area contributed by atoms with Crippen LogP contribution in [0.25, 0.3) is 21.5 Å². The van der Waals surface area contributed by atoms with Gasteiger partial charge in [0.1, 0.15) is 29.9 Å². The van der Waals surface area contributed by atoms with E-state index in [1.54, 1.807) is 17.7 Å². The van der Waals surface area contributed by atoms with Crippen molar-refractivity contribution in [1.82, 2.24) is 50.6 Å². The van der Waals surface area contributed by atoms with Crippen molar-refractivity contribution in [3.05, 3.63) is 94.5 Å². The van der Waals surface area contributed by atoms with Gasteiger partial charge >= 0.3 is 0 Å². The molecule has 18 nitrogen and oxygen atoms in total. The summed E-state index contributed by atoms with van der Waals surface area (Å²) in [5.41, 5.74) is 11.7. The van der Waals surface area contributed by atoms with Crippen LogP contribution in [0.3, 0.4) is 0 Å². The van der Waals surface area contributed by atoms with E-state index < -0.39 is 29.1 Å². The Labute approximate surface area is 467 Å². The number of anilines is 1. The van der Waals surface area contributed by atoms with Gasteiger partial charge in [-0.2, -0.15) is 0 Å². The van der Waals surface area contributed by atoms with Gasteiger partial charge in [-0.25, -0.2) is 15.0 Å². The Morgan fingerprint density at radius 2 is 1.54 bits per heavy atom. The Kier molecular flexibility index (Phi) is 20.0. The van der Waals surface area contributed by atoms with Gasteiger partial charge in [0, 0.05) is 89.4 Å². The number of carbonyl (C=O) groups excluding carboxylic acids is 5. The zero-order valence-corrected chi connectivity index (χ0v) is 47.3. The van der Waals surface area contributed by atoms with Crippen molar-refractivity contribution in [3.8, 4) is 10.4 Å². The van der Waals surface area contributed by atoms with Gasteiger partial charge in [0.25, 0.3) is 0 Å². The topological polar surface area (TPSA) is 235 Å². The van der Waals surface area contributed by atoms with Crippen LogP contribution < -0.4 is 26.6 Å². The molecule has 7 N–H and O–H groups in total. The molecule has 0 bridgehead atoms. The molecule has 3 saturated heterocycles. The second kappa shape index (κ2) is 26.8. The summed E-state index contributed by atoms with van der Waals surface area (Å²) < 4.78 is 0. The molecule has 420 valence electrons. The molecular weight excluding hydrogens is 1030 g/mol. The molecule has 0 spiro atoms. The molecule has 0 saturated carbocycles. The van der Waals surface area contributed by atoms with E-state index in [1.165, 1.54) is 4.90 Å². The van der Waals surface area contributed by atoms with E-state index in [-0.39, 0.29) is 61.5 Å². The first kappa shape index (κ1) is 58.2. The number of carbonyl (C=O) groups is 5. The summed E-state index contributed by atoms with van der Waals surface area (Å²) in [6.07, 6.45) is 11.5. The Bertz CT molecular complexity index is 2800. The van der Waals surface area contributed by atoms with Crippen molar-refractivity contribution in [1.29, 1.82) is 0 Å². The second-order valence-electron chi connectivity index (χ2n) is 22.6. The monoisotopic (exact) mass is 1110 g/mol. The summed E-state index contributed by atoms with van der Waals surface area (Å²) in [4.78, 5) is 93.4. The standard InChI is InChI=1S/C58H79ClN12O6S/c1-39-50(78-38-65-39)42-16-14-40(15-17-42)35-62-54(75)47-34-44(72)36-71(47)55(76)51(57(2,3)4)67-48(73)12-10-8-6-5-7-9-11-13-49(74)69-32-30-68(31-33-69)27-23-46(41-18-20-43(59)21-19-41)66-56(77)58(60)24-28-70(29-25-58)53-45-22-26-61-52(45)63-37-64-53/h14-22,26,37-38,44,46-47,51,72H,5-13,23-25,27-36,60H2,1-4H3,(H,62,75)(H,66,77)(H,67,73)(H,61,63,64)/t44-,46?,47+,51?/m1/s1. The Morgan fingerprint density at radius 1 is 0.859 bits per heavy atom. The lowest BCUT2D eigenvalue weighted by molar-refractivity contribution is -0.144. The average molecular weight is 1110 g/mol. The Hall–Kier alpha value is -5.99. The van der Waals surface area contributed by atoms with Gasteiger partial charge in [-0.1, -0.05) is 101 Å². The van der Waals surface area contributed by atoms with Gasteiger partial charge in [0.15, 0.2) is 0 Å². The minimum atomic E-state index is -1.02. The molecule has 2 aromatic carbocycles. The van der Waals surface area contributed by atoms with Crippen LogP contribution >= 0.6 is 22.9 Å². The summed E-state index contributed by atoms with van der Waals surface area (Å²) >= 11 is 7.84. The molecule has 78 heavy (non-hydrogen) atoms. The van der Waals surface area contributed by atoms with E-state index in [1.807, 2.05) is 98.9 Å². The molecule has 20 heteroatoms. The number of amides is 5. The molecular formula is C58H79ClN12O6S. The fourth-order valence-corrected chi connectivity index (χ4v) is 11.9. The lowest BCUT2D eigenvalue weighted by atomic mass is 9.85. The highest BCUT2D eigenvalue weighted by Crippen LogP contribution is 2.32. The molecule has 0 radical (unpaired) electrons. The molecule has 3 aliphatic rings. The zero-order chi connectivity index (χ0) is 55.4. The first-order valence-corrected chi connectivity index (χ1v) is 29.1. The third-order valence-electron chi connectivity index (χ3n) is 15.8. The van der Waals surface area contributed by atoms with Crippen LogP contribution in [0.15, 0.2) is 72.6 Å². The predicted molar refractivity (Wildman–Crippen MR) is 305 cm³/mol. The highest BCUT2D eigenvalue weighted by molar-refractivity contribution is 7.13. The lowest BCUT2D eigenvalue weighted by Crippen LogP contribution is -2.60. The van der Waals surface area contributed by atoms with Crippen molar-refractivity contribution >= 4 is 69.3 Å². The van der Waals surface area contributed by atoms with Gasteiger partial charge in [0.05, 0.1) is 39.2 Å². The summed E-state index contributed by atoms with van der Waals surface area (Å²) in [5.74, 6) is -0.0496. The number of thiazole rings is 1. The number of aromatic amines is 1. The van der Waals surface area contributed by atoms with Crippen molar-refractivity contribution in [2.24, 2.45) is 11.1 Å². The maximum atomic E-state index is 14.1. The maximum Gasteiger partial charge on any atom is 0.246 e. The van der Waals surface area contributed by atoms with E-state index in [2.05, 4.69) is 45.7 Å². The number of fused-ring (bicyclic) bond motifs is 1. The fourth-order valence-electron chi connectivity index (χ4n) is 10.9. The number of nitrogens with zero attached hydrogens (tertiary/aromatic N) is 7. The van der Waals surface area contributed by atoms with Crippen molar-refractivity contribution < 1.29 is 29.1 Å². The van der Waals surface area contributed by atoms with E-state index in [4.69, 9.17) is 17.3 Å². The van der Waals surface area contributed by atoms with Gasteiger partial charge in [-0.05, 0) is 79.3 Å². The number of β-amino-alcohol motifs (C(OH)–C–C–N with tert-alkyl or cyclic N) is 1. The largest absolute Gasteiger partial charge is 0.391 e. The molecule has 3 fully saturated rings. The van der Waals surface area contributed by atoms with Crippen molar-refractivity contribution in [3.63, 3.8) is 0 Å². The summed E-state index contributed by atoms with van der Waals surface area (Å²) in [6.45, 7) is 12.8. The smallest absolute Gasteiger partial charge is 0.246 e. The average Bonchev–Trinajstić information content (AvgIpc) is 4.20. The number of aromatic nitrogens is 4. The number of unbranched alkanes of at least 4 members (excludes halogenated alkanes) is 6. The molecule has 5 amide bonds. The summed E-state index contributed by atoms with van der Waals surface area (Å²) in [5, 5.41) is 21.4. The molecule has 8 rings (SSSR count). The van der Waals surface area contributed by atoms with E-state index in [0.717, 1.165) is 102 Å². The number of aliphatic hydroxyl groups is 1. The van der Waals surface area contributed by atoms with Crippen molar-refractivity contribution in [2.75, 3.05) is 57.3 Å². The minimum Gasteiger partial charge on any atom is -0.391 e. The quantitative estimate of drug-likeness (QED) is 0.0361. The SMILES string of the molecule is Cc1ncsc1-c1ccc(CNC(=O)[C@@H]2C[C@@H](O)CN2C(=O)C(NC(=O)CCCCCCCCCC(=O)N2CCN(CCC(NC(=O)C3(N)CCN(c4ncnc5[nH]ccc45)CC3)c3ccc(Cl)cc3)CC2)C(C)(C)C)cc1. The second-order valence-corrected chi connectivity index (χ2v) is 23.9. The third-order valence-corrected chi connectivity index (χ3v) is 17.0. The van der Waals surface area contributed by atoms with Crippen LogP contribution in [0.4, 0.5) is 5.82 Å². The number of piperidine rings is 1. The number of hydrogen-bond acceptors (Lipinski definition) is 13. The number of hydrogen-bond donors (Lipinski definition) is 6. The van der Waals surface area contributed by atoms with Gasteiger partial charge in [-0.15, -0.1) is 11.3 Å². The number of aryl methyl sites for hydroxylation is 1. The molecule has 4 atom stereocenters. The fraction of sp³-hybridized carbons (Fsp3) is 0.552. The number of nitrogens with one attached hydrogen (secondary N) is 4. The van der Waals surface area contributed by atoms with Crippen LogP contribution in [0.2, 0.25) is 5.02 Å². The molecule has 6 heterocycles. The van der Waals surface area contributed by atoms with Gasteiger partial charge in [0.2, 0.25) is 29.5 Å². The van der Waals surface area contributed by atoms with Crippen LogP contribution in [-0.2, 0) is 30.5 Å². The highest BCUT2D eigenvalue weighted by Gasteiger charge is 2.45. The van der Waals surface area contributed by atoms with E-state index >= 15 is 0 Å². The number of piperazine rings is 1. The van der Waals surface area contributed by atoms with Crippen LogP contribution in [0.5, 0.6) is 0 Å². The third kappa shape index (κ3) is 15.2. The first-order valence-electron chi connectivity index (χ1n) is 27.9. The van der Waals surface area contributed by atoms with E-state index in [9.17, 15) is 29.1 Å². The van der Waals surface area contributed by atoms with Crippen LogP contribution in [0.1, 0.15) is 127 Å². The number of halogens is 1. The number of benzene rings is 2. The molecule has 5 aromatic rings. The molecule has 3 aliphatic heterocycles. The zero-order valence-electron chi connectivity index (χ0n) is 45.8. The minimum absolute atomic E-state index is 0.0228. The molecule has 3 aromatic heterocycles. The van der Waals surface area contributed by atoms with Crippen LogP contribution in [0, 0.1) is 12.3 Å². The summed E-state index contributed by atoms with van der Waals surface area (Å²) in [6, 6.07) is 15.5. The van der Waals surface area contributed by atoms with Crippen LogP contribution in [-0.4, -0.2) is 145 Å². The number of likely N-dealkylation sites (tertiary alicyclic amines) is 1. The van der Waals surface area contributed by atoms with E-state index in [0.29, 0.717) is 63.3 Å². The number of nitrogens with two attached hydrogens (primary N) is 1. The predicted octanol–water partition coefficient (Wildman–Crippen LogP) is 7.05. The number of aliphatic hydroxyl groups excluding tert-OH is 1. The summed E-state index contributed by atoms with van der Waals surface area (Å²) in [7, 11) is 0. The Morgan fingerprint density at radius 3 is 2.21 bits per heavy atom. The number of rotatable bonds is 23. The highest BCUT2D eigenvalue weighted by atomic mass is 35.5. The molecule has 2 unspecified atom stereocenters. The van der Waals surface area contributed by atoms with Gasteiger partial charge < -0.3 is 46.5 Å². The normalized spacial score (nSPS) is 18.7. The number of H-pyrrole nitrogens is 1.